The minimum Gasteiger partial charge on any atom is -0.480 e. The minimum atomic E-state index is -1.13. The largest absolute Gasteiger partial charge is 0.480 e. The second-order valence-electron chi connectivity index (χ2n) is 8.55. The van der Waals surface area contributed by atoms with Crippen molar-refractivity contribution in [2.75, 3.05) is 19.7 Å². The normalized spacial score (nSPS) is 13.1. The van der Waals surface area contributed by atoms with Gasteiger partial charge in [-0.25, -0.2) is 4.79 Å². The van der Waals surface area contributed by atoms with Crippen molar-refractivity contribution in [1.82, 2.24) is 10.2 Å². The molecule has 0 unspecified atom stereocenters. The fourth-order valence-corrected chi connectivity index (χ4v) is 4.25. The third-order valence-corrected chi connectivity index (χ3v) is 5.63. The van der Waals surface area contributed by atoms with Crippen LogP contribution >= 0.6 is 0 Å². The lowest BCUT2D eigenvalue weighted by molar-refractivity contribution is -0.145. The smallest absolute Gasteiger partial charge is 0.407 e. The number of fused-ring (bicyclic) bond motifs is 3. The van der Waals surface area contributed by atoms with E-state index in [0.29, 0.717) is 6.42 Å². The maximum absolute atomic E-state index is 13.0. The monoisotopic (exact) mass is 450 g/mol. The van der Waals surface area contributed by atoms with Gasteiger partial charge in [0.2, 0.25) is 5.91 Å². The van der Waals surface area contributed by atoms with Crippen molar-refractivity contribution in [2.45, 2.75) is 32.2 Å². The standard InChI is InChI=1S/C26H30N2O5/c1-4-13-28(15-24(29)30)25(31)23(14-17(2)3)27-26(32)33-16-22-20-11-7-5-9-18(20)19-10-6-8-12-21(19)22/h4-12,17,22-23H,1,13-16H2,2-3H3,(H,27,32)(H,29,30)/t23-/m0/s1. The zero-order chi connectivity index (χ0) is 24.0. The molecular weight excluding hydrogens is 420 g/mol. The van der Waals surface area contributed by atoms with Gasteiger partial charge in [0.25, 0.3) is 0 Å². The van der Waals surface area contributed by atoms with E-state index in [-0.39, 0.29) is 25.0 Å². The number of ether oxygens (including phenoxy) is 1. The van der Waals surface area contributed by atoms with Gasteiger partial charge in [0.05, 0.1) is 0 Å². The summed E-state index contributed by atoms with van der Waals surface area (Å²) in [4.78, 5) is 38.0. The van der Waals surface area contributed by atoms with Crippen LogP contribution < -0.4 is 5.32 Å². The Hall–Kier alpha value is -3.61. The van der Waals surface area contributed by atoms with Crippen molar-refractivity contribution in [1.29, 1.82) is 0 Å². The van der Waals surface area contributed by atoms with Gasteiger partial charge in [-0.3, -0.25) is 9.59 Å². The molecule has 2 amide bonds. The second kappa shape index (κ2) is 10.8. The first-order valence-electron chi connectivity index (χ1n) is 11.0. The van der Waals surface area contributed by atoms with Gasteiger partial charge < -0.3 is 20.1 Å². The Balaban J connectivity index is 1.70. The molecule has 7 nitrogen and oxygen atoms in total. The van der Waals surface area contributed by atoms with Gasteiger partial charge in [0, 0.05) is 12.5 Å². The van der Waals surface area contributed by atoms with E-state index in [1.165, 1.54) is 6.08 Å². The third kappa shape index (κ3) is 5.80. The molecule has 0 aliphatic heterocycles. The predicted molar refractivity (Wildman–Crippen MR) is 126 cm³/mol. The molecule has 0 spiro atoms. The average molecular weight is 451 g/mol. The van der Waals surface area contributed by atoms with Gasteiger partial charge in [-0.15, -0.1) is 6.58 Å². The molecule has 174 valence electrons. The maximum atomic E-state index is 13.0. The van der Waals surface area contributed by atoms with E-state index in [1.54, 1.807) is 0 Å². The van der Waals surface area contributed by atoms with Gasteiger partial charge in [0.1, 0.15) is 19.2 Å². The van der Waals surface area contributed by atoms with Crippen LogP contribution in [0.25, 0.3) is 11.1 Å². The van der Waals surface area contributed by atoms with Crippen LogP contribution in [0, 0.1) is 5.92 Å². The van der Waals surface area contributed by atoms with Crippen molar-refractivity contribution in [3.05, 3.63) is 72.3 Å². The molecule has 2 aromatic rings. The second-order valence-corrected chi connectivity index (χ2v) is 8.55. The molecule has 1 atom stereocenters. The van der Waals surface area contributed by atoms with Gasteiger partial charge >= 0.3 is 12.1 Å². The number of amides is 2. The van der Waals surface area contributed by atoms with E-state index in [2.05, 4.69) is 24.0 Å². The number of nitrogens with one attached hydrogen (secondary N) is 1. The Morgan fingerprint density at radius 2 is 1.67 bits per heavy atom. The molecule has 0 radical (unpaired) electrons. The Kier molecular flexibility index (Phi) is 7.87. The quantitative estimate of drug-likeness (QED) is 0.533. The zero-order valence-electron chi connectivity index (χ0n) is 19.0. The zero-order valence-corrected chi connectivity index (χ0v) is 19.0. The molecule has 0 saturated heterocycles. The number of carboxylic acid groups (broad SMARTS) is 1. The van der Waals surface area contributed by atoms with Crippen LogP contribution in [-0.4, -0.2) is 53.7 Å². The molecule has 2 N–H and O–H groups in total. The van der Waals surface area contributed by atoms with Crippen molar-refractivity contribution >= 4 is 18.0 Å². The molecule has 3 rings (SSSR count). The number of carbonyl (C=O) groups is 3. The lowest BCUT2D eigenvalue weighted by atomic mass is 9.98. The number of carboxylic acids is 1. The molecular formula is C26H30N2O5. The lowest BCUT2D eigenvalue weighted by Crippen LogP contribution is -2.50. The summed E-state index contributed by atoms with van der Waals surface area (Å²) in [7, 11) is 0. The Morgan fingerprint density at radius 3 is 2.18 bits per heavy atom. The molecule has 2 aromatic carbocycles. The number of alkyl carbamates (subject to hydrolysis) is 1. The molecule has 1 aliphatic rings. The molecule has 0 heterocycles. The van der Waals surface area contributed by atoms with E-state index in [1.807, 2.05) is 50.2 Å². The van der Waals surface area contributed by atoms with Crippen LogP contribution in [0.15, 0.2) is 61.2 Å². The molecule has 0 aromatic heterocycles. The SMILES string of the molecule is C=CCN(CC(=O)O)C(=O)[C@H](CC(C)C)NC(=O)OCC1c2ccccc2-c2ccccc21. The minimum absolute atomic E-state index is 0.0755. The van der Waals surface area contributed by atoms with Crippen LogP contribution in [0.1, 0.15) is 37.3 Å². The highest BCUT2D eigenvalue weighted by atomic mass is 16.5. The van der Waals surface area contributed by atoms with Crippen molar-refractivity contribution in [3.63, 3.8) is 0 Å². The Bertz CT molecular complexity index is 987. The lowest BCUT2D eigenvalue weighted by Gasteiger charge is -2.27. The molecule has 7 heteroatoms. The first-order chi connectivity index (χ1) is 15.8. The Labute approximate surface area is 194 Å². The summed E-state index contributed by atoms with van der Waals surface area (Å²) >= 11 is 0. The Morgan fingerprint density at radius 1 is 1.09 bits per heavy atom. The van der Waals surface area contributed by atoms with Crippen molar-refractivity contribution in [3.8, 4) is 11.1 Å². The number of nitrogens with zero attached hydrogens (tertiary/aromatic N) is 1. The summed E-state index contributed by atoms with van der Waals surface area (Å²) in [5, 5.41) is 11.8. The van der Waals surface area contributed by atoms with Gasteiger partial charge in [-0.05, 0) is 34.6 Å². The van der Waals surface area contributed by atoms with E-state index >= 15 is 0 Å². The van der Waals surface area contributed by atoms with Crippen LogP contribution in [0.4, 0.5) is 4.79 Å². The van der Waals surface area contributed by atoms with Crippen LogP contribution in [-0.2, 0) is 14.3 Å². The summed E-state index contributed by atoms with van der Waals surface area (Å²) in [6, 6.07) is 15.2. The first kappa shape index (κ1) is 24.0. The first-order valence-corrected chi connectivity index (χ1v) is 11.0. The molecule has 0 fully saturated rings. The van der Waals surface area contributed by atoms with Gasteiger partial charge in [0.15, 0.2) is 0 Å². The highest BCUT2D eigenvalue weighted by Crippen LogP contribution is 2.44. The van der Waals surface area contributed by atoms with Crippen LogP contribution in [0.3, 0.4) is 0 Å². The number of rotatable bonds is 10. The van der Waals surface area contributed by atoms with Crippen LogP contribution in [0.5, 0.6) is 0 Å². The number of hydrogen-bond donors (Lipinski definition) is 2. The van der Waals surface area contributed by atoms with Gasteiger partial charge in [-0.2, -0.15) is 0 Å². The summed E-state index contributed by atoms with van der Waals surface area (Å²) in [6.07, 6.45) is 1.11. The number of hydrogen-bond acceptors (Lipinski definition) is 4. The summed E-state index contributed by atoms with van der Waals surface area (Å²) in [5.74, 6) is -1.59. The van der Waals surface area contributed by atoms with Crippen molar-refractivity contribution in [2.24, 2.45) is 5.92 Å². The maximum Gasteiger partial charge on any atom is 0.407 e. The summed E-state index contributed by atoms with van der Waals surface area (Å²) in [6.45, 7) is 7.18. The average Bonchev–Trinajstić information content (AvgIpc) is 3.09. The molecule has 33 heavy (non-hydrogen) atoms. The van der Waals surface area contributed by atoms with Gasteiger partial charge in [-0.1, -0.05) is 68.5 Å². The van der Waals surface area contributed by atoms with E-state index in [0.717, 1.165) is 27.2 Å². The van der Waals surface area contributed by atoms with Crippen molar-refractivity contribution < 1.29 is 24.2 Å². The predicted octanol–water partition coefficient (Wildman–Crippen LogP) is 4.04. The van der Waals surface area contributed by atoms with E-state index < -0.39 is 30.6 Å². The molecule has 0 bridgehead atoms. The molecule has 0 saturated carbocycles. The number of aliphatic carboxylic acids is 1. The highest BCUT2D eigenvalue weighted by Gasteiger charge is 2.31. The topological polar surface area (TPSA) is 95.9 Å². The number of benzene rings is 2. The summed E-state index contributed by atoms with van der Waals surface area (Å²) < 4.78 is 5.57. The summed E-state index contributed by atoms with van der Waals surface area (Å²) in [5.41, 5.74) is 4.45. The number of carbonyl (C=O) groups excluding carboxylic acids is 2. The van der Waals surface area contributed by atoms with E-state index in [9.17, 15) is 14.4 Å². The molecule has 1 aliphatic carbocycles. The third-order valence-electron chi connectivity index (χ3n) is 5.63. The van der Waals surface area contributed by atoms with E-state index in [4.69, 9.17) is 9.84 Å². The van der Waals surface area contributed by atoms with Crippen LogP contribution in [0.2, 0.25) is 0 Å². The highest BCUT2D eigenvalue weighted by molar-refractivity contribution is 5.88. The fraction of sp³-hybridized carbons (Fsp3) is 0.346. The fourth-order valence-electron chi connectivity index (χ4n) is 4.25.